The van der Waals surface area contributed by atoms with Crippen LogP contribution in [-0.4, -0.2) is 10.1 Å². The lowest BCUT2D eigenvalue weighted by Gasteiger charge is -1.98. The van der Waals surface area contributed by atoms with Crippen molar-refractivity contribution in [3.05, 3.63) is 47.0 Å². The fourth-order valence-electron chi connectivity index (χ4n) is 1.72. The molecule has 0 aliphatic rings. The van der Waals surface area contributed by atoms with Gasteiger partial charge in [-0.15, -0.1) is 23.7 Å². The topological polar surface area (TPSA) is 64.1 Å². The van der Waals surface area contributed by atoms with Gasteiger partial charge in [-0.1, -0.05) is 5.16 Å². The molecule has 0 aliphatic carbocycles. The van der Waals surface area contributed by atoms with Gasteiger partial charge in [0.05, 0.1) is 17.7 Å². The van der Waals surface area contributed by atoms with Crippen molar-refractivity contribution < 1.29 is 8.94 Å². The first-order chi connectivity index (χ1) is 9.31. The molecule has 0 unspecified atom stereocenters. The predicted octanol–water partition coefficient (Wildman–Crippen LogP) is 3.41. The number of rotatable bonds is 5. The Bertz CT molecular complexity index is 648. The fourth-order valence-corrected chi connectivity index (χ4v) is 2.51. The highest BCUT2D eigenvalue weighted by Gasteiger charge is 2.07. The van der Waals surface area contributed by atoms with E-state index in [2.05, 4.69) is 15.5 Å². The van der Waals surface area contributed by atoms with Gasteiger partial charge in [0.2, 0.25) is 0 Å². The average molecular weight is 312 g/mol. The molecule has 106 valence electrons. The van der Waals surface area contributed by atoms with E-state index in [1.165, 1.54) is 0 Å². The van der Waals surface area contributed by atoms with Gasteiger partial charge in [-0.25, -0.2) is 4.98 Å². The molecule has 20 heavy (non-hydrogen) atoms. The van der Waals surface area contributed by atoms with Crippen LogP contribution in [-0.2, 0) is 13.1 Å². The highest BCUT2D eigenvalue weighted by molar-refractivity contribution is 7.13. The van der Waals surface area contributed by atoms with Crippen molar-refractivity contribution in [2.75, 3.05) is 0 Å². The monoisotopic (exact) mass is 311 g/mol. The molecular weight excluding hydrogens is 298 g/mol. The van der Waals surface area contributed by atoms with Gasteiger partial charge >= 0.3 is 0 Å². The van der Waals surface area contributed by atoms with Gasteiger partial charge in [-0.3, -0.25) is 0 Å². The van der Waals surface area contributed by atoms with E-state index >= 15 is 0 Å². The molecule has 3 aromatic rings. The number of aryl methyl sites for hydroxylation is 1. The minimum absolute atomic E-state index is 0. The van der Waals surface area contributed by atoms with Gasteiger partial charge in [-0.05, 0) is 19.1 Å². The van der Waals surface area contributed by atoms with Gasteiger partial charge in [0.15, 0.2) is 10.8 Å². The van der Waals surface area contributed by atoms with E-state index in [4.69, 9.17) is 8.94 Å². The third-order valence-electron chi connectivity index (χ3n) is 2.57. The Hall–Kier alpha value is -1.63. The smallest absolute Gasteiger partial charge is 0.162 e. The second kappa shape index (κ2) is 6.69. The van der Waals surface area contributed by atoms with Gasteiger partial charge in [0.1, 0.15) is 5.76 Å². The van der Waals surface area contributed by atoms with E-state index in [9.17, 15) is 0 Å². The lowest BCUT2D eigenvalue weighted by atomic mass is 10.3. The summed E-state index contributed by atoms with van der Waals surface area (Å²) >= 11 is 1.58. The Kier molecular flexibility index (Phi) is 4.94. The Morgan fingerprint density at radius 1 is 1.30 bits per heavy atom. The molecule has 0 aromatic carbocycles. The third kappa shape index (κ3) is 3.47. The second-order valence-corrected chi connectivity index (χ2v) is 5.01. The van der Waals surface area contributed by atoms with Crippen LogP contribution >= 0.6 is 23.7 Å². The number of thiazole rings is 1. The van der Waals surface area contributed by atoms with Gasteiger partial charge in [0.25, 0.3) is 0 Å². The van der Waals surface area contributed by atoms with Crippen molar-refractivity contribution in [3.8, 4) is 10.8 Å². The zero-order valence-electron chi connectivity index (χ0n) is 10.8. The first-order valence-electron chi connectivity index (χ1n) is 5.92. The molecule has 0 bridgehead atoms. The molecule has 0 amide bonds. The van der Waals surface area contributed by atoms with E-state index in [0.29, 0.717) is 13.1 Å². The van der Waals surface area contributed by atoms with Crippen LogP contribution in [0.15, 0.2) is 38.8 Å². The highest BCUT2D eigenvalue weighted by Crippen LogP contribution is 2.23. The Morgan fingerprint density at radius 2 is 2.15 bits per heavy atom. The summed E-state index contributed by atoms with van der Waals surface area (Å²) in [4.78, 5) is 4.51. The molecule has 0 saturated carbocycles. The van der Waals surface area contributed by atoms with Crippen molar-refractivity contribution in [1.82, 2.24) is 15.5 Å². The van der Waals surface area contributed by atoms with E-state index < -0.39 is 0 Å². The SMILES string of the molecule is Cc1cc(CNCc2csc(-c3ccco3)n2)no1.Cl. The van der Waals surface area contributed by atoms with E-state index in [1.807, 2.05) is 30.5 Å². The summed E-state index contributed by atoms with van der Waals surface area (Å²) in [6.45, 7) is 3.25. The number of hydrogen-bond donors (Lipinski definition) is 1. The van der Waals surface area contributed by atoms with Crippen molar-refractivity contribution in [2.24, 2.45) is 0 Å². The van der Waals surface area contributed by atoms with Crippen molar-refractivity contribution >= 4 is 23.7 Å². The standard InChI is InChI=1S/C13H13N3O2S.ClH/c1-9-5-10(16-18-9)6-14-7-11-8-19-13(15-11)12-3-2-4-17-12;/h2-5,8,14H,6-7H2,1H3;1H. The van der Waals surface area contributed by atoms with Crippen LogP contribution < -0.4 is 5.32 Å². The molecule has 7 heteroatoms. The molecule has 0 spiro atoms. The number of nitrogens with one attached hydrogen (secondary N) is 1. The normalized spacial score (nSPS) is 10.4. The van der Waals surface area contributed by atoms with Crippen molar-refractivity contribution in [3.63, 3.8) is 0 Å². The summed E-state index contributed by atoms with van der Waals surface area (Å²) in [6.07, 6.45) is 1.65. The first-order valence-corrected chi connectivity index (χ1v) is 6.80. The third-order valence-corrected chi connectivity index (χ3v) is 3.48. The molecule has 0 radical (unpaired) electrons. The summed E-state index contributed by atoms with van der Waals surface area (Å²) in [5.41, 5.74) is 1.90. The summed E-state index contributed by atoms with van der Waals surface area (Å²) in [7, 11) is 0. The Labute approximate surface area is 126 Å². The van der Waals surface area contributed by atoms with E-state index in [0.717, 1.165) is 27.9 Å². The number of halogens is 1. The summed E-state index contributed by atoms with van der Waals surface area (Å²) in [5.74, 6) is 1.63. The molecule has 5 nitrogen and oxygen atoms in total. The molecule has 3 heterocycles. The van der Waals surface area contributed by atoms with Crippen molar-refractivity contribution in [2.45, 2.75) is 20.0 Å². The maximum Gasteiger partial charge on any atom is 0.162 e. The molecule has 3 rings (SSSR count). The first kappa shape index (κ1) is 14.8. The molecule has 0 fully saturated rings. The lowest BCUT2D eigenvalue weighted by molar-refractivity contribution is 0.388. The van der Waals surface area contributed by atoms with E-state index in [1.54, 1.807) is 17.6 Å². The zero-order valence-corrected chi connectivity index (χ0v) is 12.5. The molecule has 0 atom stereocenters. The van der Waals surface area contributed by atoms with Crippen molar-refractivity contribution in [1.29, 1.82) is 0 Å². The fraction of sp³-hybridized carbons (Fsp3) is 0.231. The quantitative estimate of drug-likeness (QED) is 0.782. The van der Waals surface area contributed by atoms with Crippen LogP contribution in [0.5, 0.6) is 0 Å². The van der Waals surface area contributed by atoms with Gasteiger partial charge in [0, 0.05) is 24.5 Å². The molecule has 0 aliphatic heterocycles. The largest absolute Gasteiger partial charge is 0.462 e. The molecule has 0 saturated heterocycles. The van der Waals surface area contributed by atoms with Gasteiger partial charge < -0.3 is 14.3 Å². The second-order valence-electron chi connectivity index (χ2n) is 4.15. The van der Waals surface area contributed by atoms with E-state index in [-0.39, 0.29) is 12.4 Å². The predicted molar refractivity (Wildman–Crippen MR) is 78.8 cm³/mol. The van der Waals surface area contributed by atoms with Crippen LogP contribution in [0.2, 0.25) is 0 Å². The maximum atomic E-state index is 5.31. The van der Waals surface area contributed by atoms with Crippen LogP contribution in [0, 0.1) is 6.92 Å². The van der Waals surface area contributed by atoms with Gasteiger partial charge in [-0.2, -0.15) is 0 Å². The maximum absolute atomic E-state index is 5.31. The molecule has 1 N–H and O–H groups in total. The summed E-state index contributed by atoms with van der Waals surface area (Å²) in [5, 5.41) is 10.1. The number of furan rings is 1. The van der Waals surface area contributed by atoms with Crippen LogP contribution in [0.1, 0.15) is 17.1 Å². The number of hydrogen-bond acceptors (Lipinski definition) is 6. The Balaban J connectivity index is 0.00000147. The minimum Gasteiger partial charge on any atom is -0.462 e. The van der Waals surface area contributed by atoms with Crippen LogP contribution in [0.25, 0.3) is 10.8 Å². The number of nitrogens with zero attached hydrogens (tertiary/aromatic N) is 2. The average Bonchev–Trinajstić information content (AvgIpc) is 3.09. The Morgan fingerprint density at radius 3 is 2.85 bits per heavy atom. The zero-order chi connectivity index (χ0) is 13.1. The number of aromatic nitrogens is 2. The molecule has 3 aromatic heterocycles. The summed E-state index contributed by atoms with van der Waals surface area (Å²) < 4.78 is 10.3. The minimum atomic E-state index is 0. The van der Waals surface area contributed by atoms with Crippen LogP contribution in [0.3, 0.4) is 0 Å². The van der Waals surface area contributed by atoms with Crippen LogP contribution in [0.4, 0.5) is 0 Å². The molecular formula is C13H14ClN3O2S. The lowest BCUT2D eigenvalue weighted by Crippen LogP contribution is -2.13. The summed E-state index contributed by atoms with van der Waals surface area (Å²) in [6, 6.07) is 5.69. The highest BCUT2D eigenvalue weighted by atomic mass is 35.5.